The van der Waals surface area contributed by atoms with Gasteiger partial charge in [0.2, 0.25) is 5.91 Å². The number of methoxy groups -OCH3 is 2. The molecule has 1 aromatic carbocycles. The first-order chi connectivity index (χ1) is 12.6. The molecule has 1 saturated carbocycles. The topological polar surface area (TPSA) is 80.4 Å². The minimum atomic E-state index is -0.142. The number of H-pyrrole nitrogens is 1. The molecule has 1 aromatic heterocycles. The van der Waals surface area contributed by atoms with Crippen LogP contribution in [0.1, 0.15) is 37.7 Å². The summed E-state index contributed by atoms with van der Waals surface area (Å²) < 4.78 is 10.6. The van der Waals surface area contributed by atoms with Crippen LogP contribution in [0.5, 0.6) is 11.5 Å². The lowest BCUT2D eigenvalue weighted by molar-refractivity contribution is -0.125. The molecule has 0 saturated heterocycles. The zero-order valence-electron chi connectivity index (χ0n) is 15.4. The van der Waals surface area contributed by atoms with Gasteiger partial charge in [0, 0.05) is 29.5 Å². The van der Waals surface area contributed by atoms with Crippen molar-refractivity contribution in [2.24, 2.45) is 5.92 Å². The highest BCUT2D eigenvalue weighted by atomic mass is 16.5. The number of hydrogen-bond acceptors (Lipinski definition) is 4. The monoisotopic (exact) mass is 358 g/mol. The Kier molecular flexibility index (Phi) is 5.81. The summed E-state index contributed by atoms with van der Waals surface area (Å²) in [6.07, 6.45) is 5.94. The Labute approximate surface area is 152 Å². The van der Waals surface area contributed by atoms with Crippen molar-refractivity contribution < 1.29 is 14.3 Å². The van der Waals surface area contributed by atoms with E-state index in [1.165, 1.54) is 6.42 Å². The fourth-order valence-corrected chi connectivity index (χ4v) is 3.59. The van der Waals surface area contributed by atoms with E-state index in [-0.39, 0.29) is 17.4 Å². The number of fused-ring (bicyclic) bond motifs is 1. The van der Waals surface area contributed by atoms with E-state index >= 15 is 0 Å². The summed E-state index contributed by atoms with van der Waals surface area (Å²) in [6, 6.07) is 5.45. The van der Waals surface area contributed by atoms with Crippen LogP contribution in [-0.2, 0) is 11.2 Å². The van der Waals surface area contributed by atoms with Crippen LogP contribution < -0.4 is 20.3 Å². The molecule has 2 aromatic rings. The lowest BCUT2D eigenvalue weighted by atomic mass is 9.88. The van der Waals surface area contributed by atoms with E-state index in [9.17, 15) is 9.59 Å². The third kappa shape index (κ3) is 4.00. The Balaban J connectivity index is 1.70. The normalized spacial score (nSPS) is 15.0. The summed E-state index contributed by atoms with van der Waals surface area (Å²) in [5, 5.41) is 3.85. The number of amides is 1. The Hall–Kier alpha value is -2.50. The highest BCUT2D eigenvalue weighted by Crippen LogP contribution is 2.31. The molecule has 3 rings (SSSR count). The Morgan fingerprint density at radius 2 is 1.81 bits per heavy atom. The molecule has 1 fully saturated rings. The van der Waals surface area contributed by atoms with Gasteiger partial charge >= 0.3 is 0 Å². The van der Waals surface area contributed by atoms with Gasteiger partial charge in [-0.2, -0.15) is 0 Å². The van der Waals surface area contributed by atoms with Crippen molar-refractivity contribution in [2.75, 3.05) is 20.8 Å². The van der Waals surface area contributed by atoms with Crippen LogP contribution in [0.15, 0.2) is 23.0 Å². The Bertz CT molecular complexity index is 838. The second-order valence-corrected chi connectivity index (χ2v) is 6.79. The molecule has 6 nitrogen and oxygen atoms in total. The van der Waals surface area contributed by atoms with Gasteiger partial charge in [0.1, 0.15) is 0 Å². The first-order valence-electron chi connectivity index (χ1n) is 9.18. The summed E-state index contributed by atoms with van der Waals surface area (Å²) in [5.41, 5.74) is 1.20. The fourth-order valence-electron chi connectivity index (χ4n) is 3.59. The van der Waals surface area contributed by atoms with E-state index in [1.807, 2.05) is 12.1 Å². The van der Waals surface area contributed by atoms with Crippen molar-refractivity contribution in [3.63, 3.8) is 0 Å². The van der Waals surface area contributed by atoms with Gasteiger partial charge in [-0.15, -0.1) is 0 Å². The first kappa shape index (κ1) is 18.3. The Morgan fingerprint density at radius 1 is 1.12 bits per heavy atom. The number of ether oxygens (including phenoxy) is 2. The van der Waals surface area contributed by atoms with Crippen molar-refractivity contribution in [1.82, 2.24) is 10.3 Å². The number of pyridine rings is 1. The van der Waals surface area contributed by atoms with E-state index in [2.05, 4.69) is 10.3 Å². The number of hydrogen-bond donors (Lipinski definition) is 2. The molecule has 0 unspecified atom stereocenters. The van der Waals surface area contributed by atoms with E-state index in [1.54, 1.807) is 20.3 Å². The second-order valence-electron chi connectivity index (χ2n) is 6.79. The Morgan fingerprint density at radius 3 is 2.50 bits per heavy atom. The molecule has 2 N–H and O–H groups in total. The molecular weight excluding hydrogens is 332 g/mol. The predicted molar refractivity (Wildman–Crippen MR) is 101 cm³/mol. The highest BCUT2D eigenvalue weighted by molar-refractivity contribution is 5.83. The maximum absolute atomic E-state index is 12.3. The van der Waals surface area contributed by atoms with E-state index < -0.39 is 0 Å². The summed E-state index contributed by atoms with van der Waals surface area (Å²) in [4.78, 5) is 27.4. The van der Waals surface area contributed by atoms with E-state index in [0.717, 1.165) is 31.1 Å². The van der Waals surface area contributed by atoms with Gasteiger partial charge < -0.3 is 19.8 Å². The molecule has 0 radical (unpaired) electrons. The van der Waals surface area contributed by atoms with Crippen LogP contribution >= 0.6 is 0 Å². The molecule has 1 aliphatic rings. The minimum Gasteiger partial charge on any atom is -0.493 e. The lowest BCUT2D eigenvalue weighted by Gasteiger charge is -2.20. The average molecular weight is 358 g/mol. The molecule has 6 heteroatoms. The zero-order chi connectivity index (χ0) is 18.5. The van der Waals surface area contributed by atoms with Crippen LogP contribution in [0.25, 0.3) is 10.9 Å². The molecule has 0 aliphatic heterocycles. The number of benzene rings is 1. The second kappa shape index (κ2) is 8.25. The van der Waals surface area contributed by atoms with Crippen molar-refractivity contribution in [2.45, 2.75) is 38.5 Å². The number of carbonyl (C=O) groups is 1. The third-order valence-electron chi connectivity index (χ3n) is 5.09. The largest absolute Gasteiger partial charge is 0.493 e. The smallest absolute Gasteiger partial charge is 0.251 e. The van der Waals surface area contributed by atoms with Crippen molar-refractivity contribution in [3.8, 4) is 11.5 Å². The SMILES string of the molecule is COc1cc2cc(CCNC(=O)C3CCCCC3)c(=O)[nH]c2cc1OC. The van der Waals surface area contributed by atoms with Crippen molar-refractivity contribution >= 4 is 16.8 Å². The summed E-state index contributed by atoms with van der Waals surface area (Å²) in [7, 11) is 3.14. The van der Waals surface area contributed by atoms with Gasteiger partial charge in [-0.3, -0.25) is 9.59 Å². The maximum atomic E-state index is 12.3. The first-order valence-corrected chi connectivity index (χ1v) is 9.18. The molecule has 1 aliphatic carbocycles. The van der Waals surface area contributed by atoms with E-state index in [0.29, 0.717) is 35.5 Å². The van der Waals surface area contributed by atoms with Crippen LogP contribution in [0.3, 0.4) is 0 Å². The van der Waals surface area contributed by atoms with Gasteiger partial charge in [-0.1, -0.05) is 19.3 Å². The average Bonchev–Trinajstić information content (AvgIpc) is 2.68. The molecular formula is C20H26N2O4. The summed E-state index contributed by atoms with van der Waals surface area (Å²) in [6.45, 7) is 0.469. The van der Waals surface area contributed by atoms with Crippen LogP contribution in [-0.4, -0.2) is 31.7 Å². The van der Waals surface area contributed by atoms with Crippen LogP contribution in [0, 0.1) is 5.92 Å². The van der Waals surface area contributed by atoms with Crippen molar-refractivity contribution in [3.05, 3.63) is 34.1 Å². The minimum absolute atomic E-state index is 0.119. The lowest BCUT2D eigenvalue weighted by Crippen LogP contribution is -2.34. The highest BCUT2D eigenvalue weighted by Gasteiger charge is 2.20. The number of aromatic nitrogens is 1. The molecule has 0 bridgehead atoms. The maximum Gasteiger partial charge on any atom is 0.251 e. The van der Waals surface area contributed by atoms with Gasteiger partial charge in [-0.05, 0) is 31.4 Å². The van der Waals surface area contributed by atoms with Gasteiger partial charge in [0.05, 0.1) is 19.7 Å². The number of aromatic amines is 1. The van der Waals surface area contributed by atoms with Gasteiger partial charge in [-0.25, -0.2) is 0 Å². The van der Waals surface area contributed by atoms with Crippen LogP contribution in [0.4, 0.5) is 0 Å². The number of rotatable bonds is 6. The molecule has 26 heavy (non-hydrogen) atoms. The summed E-state index contributed by atoms with van der Waals surface area (Å²) in [5.74, 6) is 1.44. The van der Waals surface area contributed by atoms with Crippen LogP contribution in [0.2, 0.25) is 0 Å². The zero-order valence-corrected chi connectivity index (χ0v) is 15.4. The third-order valence-corrected chi connectivity index (χ3v) is 5.09. The molecule has 1 amide bonds. The van der Waals surface area contributed by atoms with E-state index in [4.69, 9.17) is 9.47 Å². The summed E-state index contributed by atoms with van der Waals surface area (Å²) >= 11 is 0. The quantitative estimate of drug-likeness (QED) is 0.832. The molecule has 1 heterocycles. The van der Waals surface area contributed by atoms with Gasteiger partial charge in [0.25, 0.3) is 5.56 Å². The number of carbonyl (C=O) groups excluding carboxylic acids is 1. The standard InChI is InChI=1S/C20H26N2O4/c1-25-17-11-15-10-14(20(24)22-16(15)12-18(17)26-2)8-9-21-19(23)13-6-4-3-5-7-13/h10-13H,3-9H2,1-2H3,(H,21,23)(H,22,24). The molecule has 140 valence electrons. The van der Waals surface area contributed by atoms with Crippen molar-refractivity contribution in [1.29, 1.82) is 0 Å². The number of nitrogens with one attached hydrogen (secondary N) is 2. The molecule has 0 spiro atoms. The van der Waals surface area contributed by atoms with Gasteiger partial charge in [0.15, 0.2) is 11.5 Å². The fraction of sp³-hybridized carbons (Fsp3) is 0.500. The predicted octanol–water partition coefficient (Wildman–Crippen LogP) is 2.78. The molecule has 0 atom stereocenters.